The Balaban J connectivity index is 2.56. The zero-order valence-electron chi connectivity index (χ0n) is 16.1. The molecule has 0 aliphatic rings. The van der Waals surface area contributed by atoms with Crippen LogP contribution >= 0.6 is 0 Å². The van der Waals surface area contributed by atoms with Crippen LogP contribution in [0.2, 0.25) is 0 Å². The van der Waals surface area contributed by atoms with Crippen LogP contribution in [0.4, 0.5) is 4.39 Å². The summed E-state index contributed by atoms with van der Waals surface area (Å²) in [6, 6.07) is 7.07. The Morgan fingerprint density at radius 1 is 1.15 bits per heavy atom. The molecule has 4 nitrogen and oxygen atoms in total. The fraction of sp³-hybridized carbons (Fsp3) is 0.381. The minimum absolute atomic E-state index is 0.252. The van der Waals surface area contributed by atoms with Gasteiger partial charge in [-0.3, -0.25) is 4.79 Å². The quantitative estimate of drug-likeness (QED) is 0.820. The van der Waals surface area contributed by atoms with E-state index in [1.54, 1.807) is 13.0 Å². The highest BCUT2D eigenvalue weighted by molar-refractivity contribution is 5.74. The molecular weight excluding hydrogens is 331 g/mol. The number of halogens is 1. The molecule has 0 aliphatic heterocycles. The Morgan fingerprint density at radius 2 is 1.81 bits per heavy atom. The van der Waals surface area contributed by atoms with Crippen molar-refractivity contribution in [1.82, 2.24) is 4.90 Å². The van der Waals surface area contributed by atoms with Crippen molar-refractivity contribution in [3.8, 4) is 11.1 Å². The number of hydrogen-bond acceptors (Lipinski definition) is 3. The highest BCUT2D eigenvalue weighted by atomic mass is 19.1. The molecule has 26 heavy (non-hydrogen) atoms. The number of carboxylic acids is 1. The topological polar surface area (TPSA) is 66.6 Å². The first-order valence-electron chi connectivity index (χ1n) is 8.63. The lowest BCUT2D eigenvalue weighted by molar-refractivity contribution is -0.137. The third-order valence-corrected chi connectivity index (χ3v) is 4.72. The molecule has 0 bridgehead atoms. The van der Waals surface area contributed by atoms with Gasteiger partial charge in [0.1, 0.15) is 5.82 Å². The minimum atomic E-state index is -1.04. The molecule has 140 valence electrons. The van der Waals surface area contributed by atoms with Gasteiger partial charge in [-0.2, -0.15) is 0 Å². The van der Waals surface area contributed by atoms with Gasteiger partial charge < -0.3 is 15.7 Å². The molecule has 2 rings (SSSR count). The zero-order chi connectivity index (χ0) is 19.6. The molecule has 0 saturated heterocycles. The molecule has 2 aromatic rings. The van der Waals surface area contributed by atoms with Gasteiger partial charge >= 0.3 is 5.97 Å². The van der Waals surface area contributed by atoms with Crippen LogP contribution in [0.25, 0.3) is 11.1 Å². The predicted octanol–water partition coefficient (Wildman–Crippen LogP) is 3.95. The highest BCUT2D eigenvalue weighted by Gasteiger charge is 2.21. The summed E-state index contributed by atoms with van der Waals surface area (Å²) in [5.74, 6) is -1.46. The van der Waals surface area contributed by atoms with Gasteiger partial charge in [0, 0.05) is 18.2 Å². The van der Waals surface area contributed by atoms with Gasteiger partial charge in [0.25, 0.3) is 0 Å². The van der Waals surface area contributed by atoms with Crippen molar-refractivity contribution in [3.63, 3.8) is 0 Å². The molecule has 3 N–H and O–H groups in total. The lowest BCUT2D eigenvalue weighted by Gasteiger charge is -2.19. The monoisotopic (exact) mass is 358 g/mol. The molecule has 1 unspecified atom stereocenters. The van der Waals surface area contributed by atoms with Crippen molar-refractivity contribution < 1.29 is 14.3 Å². The lowest BCUT2D eigenvalue weighted by atomic mass is 9.88. The summed E-state index contributed by atoms with van der Waals surface area (Å²) in [4.78, 5) is 13.1. The number of carbonyl (C=O) groups is 1. The zero-order valence-corrected chi connectivity index (χ0v) is 16.1. The molecule has 0 saturated carbocycles. The molecular formula is C21H27FN2O2. The van der Waals surface area contributed by atoms with Crippen LogP contribution in [0, 0.1) is 26.6 Å². The normalized spacial score (nSPS) is 12.5. The summed E-state index contributed by atoms with van der Waals surface area (Å²) in [6.45, 7) is 6.47. The molecule has 1 atom stereocenters. The number of aryl methyl sites for hydroxylation is 1. The number of hydrogen-bond donors (Lipinski definition) is 2. The van der Waals surface area contributed by atoms with Crippen molar-refractivity contribution in [1.29, 1.82) is 0 Å². The Hall–Kier alpha value is -2.24. The first-order valence-corrected chi connectivity index (χ1v) is 8.63. The summed E-state index contributed by atoms with van der Waals surface area (Å²) in [7, 11) is 4.04. The summed E-state index contributed by atoms with van der Waals surface area (Å²) >= 11 is 0. The smallest absolute Gasteiger partial charge is 0.305 e. The van der Waals surface area contributed by atoms with Crippen LogP contribution in [-0.4, -0.2) is 30.1 Å². The maximum atomic E-state index is 14.7. The second-order valence-corrected chi connectivity index (χ2v) is 7.17. The van der Waals surface area contributed by atoms with Crippen LogP contribution in [0.3, 0.4) is 0 Å². The Morgan fingerprint density at radius 3 is 2.35 bits per heavy atom. The third-order valence-electron chi connectivity index (χ3n) is 4.72. The second-order valence-electron chi connectivity index (χ2n) is 7.17. The number of aliphatic carboxylic acids is 1. The van der Waals surface area contributed by atoms with E-state index in [1.807, 2.05) is 34.0 Å². The van der Waals surface area contributed by atoms with Crippen LogP contribution in [0.1, 0.15) is 40.3 Å². The molecule has 5 heteroatoms. The molecule has 0 spiro atoms. The largest absolute Gasteiger partial charge is 0.481 e. The van der Waals surface area contributed by atoms with Crippen LogP contribution in [-0.2, 0) is 11.3 Å². The fourth-order valence-electron chi connectivity index (χ4n) is 3.25. The molecule has 0 heterocycles. The first-order chi connectivity index (χ1) is 12.1. The molecule has 0 fully saturated rings. The van der Waals surface area contributed by atoms with E-state index in [0.29, 0.717) is 5.56 Å². The molecule has 0 amide bonds. The van der Waals surface area contributed by atoms with Gasteiger partial charge in [-0.05, 0) is 74.3 Å². The van der Waals surface area contributed by atoms with Gasteiger partial charge in [0.05, 0.1) is 6.42 Å². The summed E-state index contributed by atoms with van der Waals surface area (Å²) in [5, 5.41) is 8.99. The maximum Gasteiger partial charge on any atom is 0.305 e. The summed E-state index contributed by atoms with van der Waals surface area (Å²) in [6.07, 6.45) is -0.306. The molecule has 0 aliphatic carbocycles. The third kappa shape index (κ3) is 4.29. The fourth-order valence-corrected chi connectivity index (χ4v) is 3.25. The van der Waals surface area contributed by atoms with E-state index in [1.165, 1.54) is 5.56 Å². The molecule has 0 aromatic heterocycles. The van der Waals surface area contributed by atoms with Gasteiger partial charge in [-0.25, -0.2) is 4.39 Å². The summed E-state index contributed by atoms with van der Waals surface area (Å²) in [5.41, 5.74) is 11.8. The van der Waals surface area contributed by atoms with Gasteiger partial charge in [0.15, 0.2) is 0 Å². The van der Waals surface area contributed by atoms with E-state index in [4.69, 9.17) is 10.8 Å². The van der Waals surface area contributed by atoms with Gasteiger partial charge in [-0.15, -0.1) is 0 Å². The predicted molar refractivity (Wildman–Crippen MR) is 103 cm³/mol. The van der Waals surface area contributed by atoms with E-state index in [9.17, 15) is 9.18 Å². The number of carboxylic acid groups (broad SMARTS) is 1. The van der Waals surface area contributed by atoms with Crippen molar-refractivity contribution in [3.05, 3.63) is 57.9 Å². The van der Waals surface area contributed by atoms with E-state index in [2.05, 4.69) is 17.0 Å². The average Bonchev–Trinajstić information content (AvgIpc) is 2.52. The van der Waals surface area contributed by atoms with Crippen molar-refractivity contribution >= 4 is 5.97 Å². The number of benzene rings is 2. The van der Waals surface area contributed by atoms with E-state index < -0.39 is 17.8 Å². The highest BCUT2D eigenvalue weighted by Crippen LogP contribution is 2.34. The van der Waals surface area contributed by atoms with Crippen molar-refractivity contribution in [2.75, 3.05) is 14.1 Å². The number of nitrogens with two attached hydrogens (primary N) is 1. The lowest BCUT2D eigenvalue weighted by Crippen LogP contribution is -2.17. The Kier molecular flexibility index (Phi) is 6.16. The van der Waals surface area contributed by atoms with Crippen LogP contribution in [0.15, 0.2) is 24.3 Å². The number of nitrogens with zero attached hydrogens (tertiary/aromatic N) is 1. The van der Waals surface area contributed by atoms with Gasteiger partial charge in [0.2, 0.25) is 0 Å². The van der Waals surface area contributed by atoms with Gasteiger partial charge in [-0.1, -0.05) is 18.2 Å². The summed E-state index contributed by atoms with van der Waals surface area (Å²) < 4.78 is 14.7. The SMILES string of the molecule is Cc1cc(CN(C)C)ccc1-c1cc(C(N)CC(=O)O)c(F)c(C)c1C. The van der Waals surface area contributed by atoms with Crippen molar-refractivity contribution in [2.24, 2.45) is 5.73 Å². The molecule has 0 radical (unpaired) electrons. The Labute approximate surface area is 154 Å². The van der Waals surface area contributed by atoms with E-state index in [-0.39, 0.29) is 12.0 Å². The second kappa shape index (κ2) is 7.98. The standard InChI is InChI=1S/C21H27FN2O2/c1-12-8-15(11-24(4)5)6-7-16(12)17-9-18(19(23)10-20(25)26)21(22)14(3)13(17)2/h6-9,19H,10-11,23H2,1-5H3,(H,25,26). The van der Waals surface area contributed by atoms with Crippen LogP contribution in [0.5, 0.6) is 0 Å². The Bertz CT molecular complexity index is 831. The minimum Gasteiger partial charge on any atom is -0.481 e. The van der Waals surface area contributed by atoms with Crippen molar-refractivity contribution in [2.45, 2.75) is 39.8 Å². The van der Waals surface area contributed by atoms with E-state index >= 15 is 0 Å². The molecule has 2 aromatic carbocycles. The first kappa shape index (κ1) is 20.1. The van der Waals surface area contributed by atoms with E-state index in [0.717, 1.165) is 28.8 Å². The number of rotatable bonds is 6. The van der Waals surface area contributed by atoms with Crippen LogP contribution < -0.4 is 5.73 Å². The maximum absolute atomic E-state index is 14.7. The average molecular weight is 358 g/mol.